The second-order valence-corrected chi connectivity index (χ2v) is 4.54. The third kappa shape index (κ3) is 3.18. The Labute approximate surface area is 116 Å². The Morgan fingerprint density at radius 1 is 1.17 bits per heavy atom. The van der Waals surface area contributed by atoms with E-state index in [9.17, 15) is 0 Å². The number of rotatable bonds is 2. The molecule has 0 aliphatic rings. The summed E-state index contributed by atoms with van der Waals surface area (Å²) in [5.74, 6) is 0. The largest absolute Gasteiger partial charge is 0.332 e. The van der Waals surface area contributed by atoms with E-state index >= 15 is 0 Å². The summed E-state index contributed by atoms with van der Waals surface area (Å²) in [5, 5.41) is 7.42. The van der Waals surface area contributed by atoms with Gasteiger partial charge in [0.1, 0.15) is 0 Å². The highest BCUT2D eigenvalue weighted by Gasteiger charge is 2.04. The Morgan fingerprint density at radius 3 is 2.61 bits per heavy atom. The molecule has 2 N–H and O–H groups in total. The van der Waals surface area contributed by atoms with E-state index in [1.807, 2.05) is 37.3 Å². The molecule has 5 heteroatoms. The van der Waals surface area contributed by atoms with Gasteiger partial charge in [-0.25, -0.2) is 0 Å². The monoisotopic (exact) mass is 277 g/mol. The van der Waals surface area contributed by atoms with Gasteiger partial charge in [-0.1, -0.05) is 17.7 Å². The molecule has 0 saturated heterocycles. The van der Waals surface area contributed by atoms with Gasteiger partial charge in [0.05, 0.1) is 0 Å². The number of anilines is 2. The zero-order valence-electron chi connectivity index (χ0n) is 9.77. The van der Waals surface area contributed by atoms with E-state index in [0.29, 0.717) is 10.1 Å². The van der Waals surface area contributed by atoms with Crippen LogP contribution in [0.1, 0.15) is 5.56 Å². The fourth-order valence-electron chi connectivity index (χ4n) is 1.46. The van der Waals surface area contributed by atoms with Crippen LogP contribution in [-0.2, 0) is 0 Å². The van der Waals surface area contributed by atoms with Crippen LogP contribution in [0, 0.1) is 6.92 Å². The predicted octanol–water partition coefficient (Wildman–Crippen LogP) is 3.85. The first kappa shape index (κ1) is 12.8. The van der Waals surface area contributed by atoms with Gasteiger partial charge in [-0.2, -0.15) is 0 Å². The van der Waals surface area contributed by atoms with Crippen LogP contribution in [0.3, 0.4) is 0 Å². The van der Waals surface area contributed by atoms with Crippen LogP contribution < -0.4 is 10.6 Å². The number of thiocarbonyl (C=S) groups is 1. The van der Waals surface area contributed by atoms with Gasteiger partial charge in [0, 0.05) is 28.8 Å². The highest BCUT2D eigenvalue weighted by Crippen LogP contribution is 2.23. The molecule has 1 heterocycles. The molecular weight excluding hydrogens is 266 g/mol. The number of benzene rings is 1. The summed E-state index contributed by atoms with van der Waals surface area (Å²) in [6, 6.07) is 9.35. The number of nitrogens with zero attached hydrogens (tertiary/aromatic N) is 1. The maximum Gasteiger partial charge on any atom is 0.175 e. The minimum absolute atomic E-state index is 0.520. The van der Waals surface area contributed by atoms with Crippen molar-refractivity contribution in [3.05, 3.63) is 53.3 Å². The SMILES string of the molecule is Cc1c(Cl)cccc1NC(=S)Nc1ccncc1. The van der Waals surface area contributed by atoms with Gasteiger partial charge in [0.15, 0.2) is 5.11 Å². The van der Waals surface area contributed by atoms with Crippen LogP contribution in [-0.4, -0.2) is 10.1 Å². The summed E-state index contributed by atoms with van der Waals surface area (Å²) in [4.78, 5) is 3.94. The molecule has 92 valence electrons. The maximum atomic E-state index is 6.05. The van der Waals surface area contributed by atoms with Gasteiger partial charge in [-0.3, -0.25) is 4.98 Å². The average molecular weight is 278 g/mol. The molecular formula is C13H12ClN3S. The summed E-state index contributed by atoms with van der Waals surface area (Å²) in [7, 11) is 0. The summed E-state index contributed by atoms with van der Waals surface area (Å²) in [5.41, 5.74) is 2.76. The Balaban J connectivity index is 2.06. The van der Waals surface area contributed by atoms with Crippen molar-refractivity contribution in [3.8, 4) is 0 Å². The number of aromatic nitrogens is 1. The molecule has 1 aromatic carbocycles. The fourth-order valence-corrected chi connectivity index (χ4v) is 1.87. The first-order chi connectivity index (χ1) is 8.66. The van der Waals surface area contributed by atoms with Gasteiger partial charge < -0.3 is 10.6 Å². The van der Waals surface area contributed by atoms with Crippen molar-refractivity contribution in [1.82, 2.24) is 4.98 Å². The lowest BCUT2D eigenvalue weighted by molar-refractivity contribution is 1.33. The van der Waals surface area contributed by atoms with E-state index in [2.05, 4.69) is 15.6 Å². The van der Waals surface area contributed by atoms with Crippen molar-refractivity contribution in [2.45, 2.75) is 6.92 Å². The molecule has 0 spiro atoms. The van der Waals surface area contributed by atoms with E-state index in [0.717, 1.165) is 16.9 Å². The molecule has 3 nitrogen and oxygen atoms in total. The Kier molecular flexibility index (Phi) is 4.12. The topological polar surface area (TPSA) is 37.0 Å². The molecule has 0 radical (unpaired) electrons. The third-order valence-electron chi connectivity index (χ3n) is 2.45. The average Bonchev–Trinajstić information content (AvgIpc) is 2.36. The van der Waals surface area contributed by atoms with Crippen molar-refractivity contribution in [3.63, 3.8) is 0 Å². The van der Waals surface area contributed by atoms with Crippen LogP contribution in [0.15, 0.2) is 42.7 Å². The van der Waals surface area contributed by atoms with Crippen molar-refractivity contribution in [1.29, 1.82) is 0 Å². The fraction of sp³-hybridized carbons (Fsp3) is 0.0769. The van der Waals surface area contributed by atoms with Crippen LogP contribution >= 0.6 is 23.8 Å². The van der Waals surface area contributed by atoms with Crippen LogP contribution in [0.25, 0.3) is 0 Å². The Bertz CT molecular complexity index is 557. The quantitative estimate of drug-likeness (QED) is 0.818. The number of halogens is 1. The lowest BCUT2D eigenvalue weighted by Gasteiger charge is -2.12. The molecule has 0 amide bonds. The van der Waals surface area contributed by atoms with Gasteiger partial charge >= 0.3 is 0 Å². The van der Waals surface area contributed by atoms with Crippen LogP contribution in [0.4, 0.5) is 11.4 Å². The minimum atomic E-state index is 0.520. The summed E-state index contributed by atoms with van der Waals surface area (Å²) in [6.07, 6.45) is 3.41. The maximum absolute atomic E-state index is 6.05. The van der Waals surface area contributed by atoms with E-state index < -0.39 is 0 Å². The standard InChI is InChI=1S/C13H12ClN3S/c1-9-11(14)3-2-4-12(9)17-13(18)16-10-5-7-15-8-6-10/h2-8H,1H3,(H2,15,16,17,18). The van der Waals surface area contributed by atoms with E-state index in [1.54, 1.807) is 12.4 Å². The van der Waals surface area contributed by atoms with Gasteiger partial charge in [-0.05, 0) is 49.0 Å². The first-order valence-corrected chi connectivity index (χ1v) is 6.18. The van der Waals surface area contributed by atoms with Crippen molar-refractivity contribution in [2.75, 3.05) is 10.6 Å². The highest BCUT2D eigenvalue weighted by atomic mass is 35.5. The zero-order chi connectivity index (χ0) is 13.0. The lowest BCUT2D eigenvalue weighted by atomic mass is 10.2. The number of nitrogens with one attached hydrogen (secondary N) is 2. The number of hydrogen-bond acceptors (Lipinski definition) is 2. The van der Waals surface area contributed by atoms with Crippen molar-refractivity contribution < 1.29 is 0 Å². The molecule has 0 aliphatic carbocycles. The number of hydrogen-bond donors (Lipinski definition) is 2. The van der Waals surface area contributed by atoms with Gasteiger partial charge in [0.2, 0.25) is 0 Å². The van der Waals surface area contributed by atoms with E-state index in [4.69, 9.17) is 23.8 Å². The predicted molar refractivity (Wildman–Crippen MR) is 80.3 cm³/mol. The second-order valence-electron chi connectivity index (χ2n) is 3.73. The molecule has 0 unspecified atom stereocenters. The molecule has 1 aromatic heterocycles. The molecule has 0 atom stereocenters. The first-order valence-electron chi connectivity index (χ1n) is 5.40. The normalized spacial score (nSPS) is 9.89. The molecule has 0 fully saturated rings. The Hall–Kier alpha value is -1.65. The second kappa shape index (κ2) is 5.80. The van der Waals surface area contributed by atoms with E-state index in [-0.39, 0.29) is 0 Å². The molecule has 2 rings (SSSR count). The van der Waals surface area contributed by atoms with Crippen LogP contribution in [0.5, 0.6) is 0 Å². The molecule has 2 aromatic rings. The van der Waals surface area contributed by atoms with Gasteiger partial charge in [0.25, 0.3) is 0 Å². The van der Waals surface area contributed by atoms with Crippen molar-refractivity contribution >= 4 is 40.3 Å². The van der Waals surface area contributed by atoms with Gasteiger partial charge in [-0.15, -0.1) is 0 Å². The smallest absolute Gasteiger partial charge is 0.175 e. The molecule has 0 bridgehead atoms. The van der Waals surface area contributed by atoms with E-state index in [1.165, 1.54) is 0 Å². The van der Waals surface area contributed by atoms with Crippen molar-refractivity contribution in [2.24, 2.45) is 0 Å². The summed E-state index contributed by atoms with van der Waals surface area (Å²) >= 11 is 11.3. The minimum Gasteiger partial charge on any atom is -0.332 e. The number of pyridine rings is 1. The lowest BCUT2D eigenvalue weighted by Crippen LogP contribution is -2.19. The Morgan fingerprint density at radius 2 is 1.89 bits per heavy atom. The highest BCUT2D eigenvalue weighted by molar-refractivity contribution is 7.80. The summed E-state index contributed by atoms with van der Waals surface area (Å²) in [6.45, 7) is 1.94. The molecule has 18 heavy (non-hydrogen) atoms. The molecule has 0 aliphatic heterocycles. The van der Waals surface area contributed by atoms with Crippen LogP contribution in [0.2, 0.25) is 5.02 Å². The molecule has 0 saturated carbocycles. The zero-order valence-corrected chi connectivity index (χ0v) is 11.3. The third-order valence-corrected chi connectivity index (χ3v) is 3.07. The summed E-state index contributed by atoms with van der Waals surface area (Å²) < 4.78 is 0.